The summed E-state index contributed by atoms with van der Waals surface area (Å²) in [6.45, 7) is 7.05. The lowest BCUT2D eigenvalue weighted by Crippen LogP contribution is -2.28. The van der Waals surface area contributed by atoms with Crippen molar-refractivity contribution in [2.24, 2.45) is 4.99 Å². The number of nitrogens with zero attached hydrogens (tertiary/aromatic N) is 1. The molecule has 29 heavy (non-hydrogen) atoms. The number of carbonyl (C=O) groups excluding carboxylic acids is 1. The molecule has 0 fully saturated rings. The minimum absolute atomic E-state index is 0. The van der Waals surface area contributed by atoms with Crippen LogP contribution in [-0.2, 0) is 20.5 Å². The highest BCUT2D eigenvalue weighted by Gasteiger charge is 2.29. The SMILES string of the molecule is C.COc1cccc(C(C)(C)C(=O)O)c1.COc1cccc(C(C)(C)N=C=O)c1. The predicted molar refractivity (Wildman–Crippen MR) is 115 cm³/mol. The Morgan fingerprint density at radius 3 is 1.79 bits per heavy atom. The van der Waals surface area contributed by atoms with E-state index < -0.39 is 16.9 Å². The lowest BCUT2D eigenvalue weighted by Gasteiger charge is -2.19. The maximum absolute atomic E-state index is 11.0. The maximum atomic E-state index is 11.0. The van der Waals surface area contributed by atoms with Crippen molar-refractivity contribution in [2.75, 3.05) is 14.2 Å². The largest absolute Gasteiger partial charge is 0.497 e. The highest BCUT2D eigenvalue weighted by atomic mass is 16.5. The number of ether oxygens (including phenoxy) is 2. The van der Waals surface area contributed by atoms with Crippen LogP contribution < -0.4 is 9.47 Å². The number of carbonyl (C=O) groups is 1. The molecule has 0 aliphatic heterocycles. The van der Waals surface area contributed by atoms with Gasteiger partial charge in [0.25, 0.3) is 0 Å². The molecule has 0 aliphatic rings. The Hall–Kier alpha value is -3.11. The van der Waals surface area contributed by atoms with E-state index in [1.54, 1.807) is 58.4 Å². The van der Waals surface area contributed by atoms with Crippen LogP contribution in [0.5, 0.6) is 11.5 Å². The molecular formula is C23H31NO5. The van der Waals surface area contributed by atoms with Crippen molar-refractivity contribution >= 4 is 12.0 Å². The van der Waals surface area contributed by atoms with Crippen molar-refractivity contribution in [3.05, 3.63) is 59.7 Å². The Labute approximate surface area is 173 Å². The summed E-state index contributed by atoms with van der Waals surface area (Å²) in [6.07, 6.45) is 1.58. The fourth-order valence-corrected chi connectivity index (χ4v) is 2.32. The van der Waals surface area contributed by atoms with Gasteiger partial charge in [-0.3, -0.25) is 4.79 Å². The van der Waals surface area contributed by atoms with E-state index in [2.05, 4.69) is 4.99 Å². The van der Waals surface area contributed by atoms with Gasteiger partial charge >= 0.3 is 5.97 Å². The summed E-state index contributed by atoms with van der Waals surface area (Å²) in [5, 5.41) is 9.02. The normalized spacial score (nSPS) is 10.4. The fourth-order valence-electron chi connectivity index (χ4n) is 2.32. The van der Waals surface area contributed by atoms with Gasteiger partial charge in [-0.15, -0.1) is 0 Å². The van der Waals surface area contributed by atoms with Gasteiger partial charge in [0, 0.05) is 0 Å². The molecule has 0 saturated carbocycles. The van der Waals surface area contributed by atoms with Crippen LogP contribution in [0.1, 0.15) is 46.2 Å². The number of rotatable bonds is 6. The van der Waals surface area contributed by atoms with Crippen molar-refractivity contribution in [1.82, 2.24) is 0 Å². The number of carboxylic acids is 1. The van der Waals surface area contributed by atoms with Crippen molar-refractivity contribution in [3.8, 4) is 11.5 Å². The number of carboxylic acid groups (broad SMARTS) is 1. The molecule has 2 aromatic carbocycles. The Morgan fingerprint density at radius 1 is 0.931 bits per heavy atom. The summed E-state index contributed by atoms with van der Waals surface area (Å²) in [5.74, 6) is 0.597. The third kappa shape index (κ3) is 7.09. The summed E-state index contributed by atoms with van der Waals surface area (Å²) in [5.41, 5.74) is 0.245. The van der Waals surface area contributed by atoms with E-state index in [1.807, 2.05) is 38.1 Å². The Kier molecular flexibility index (Phi) is 9.85. The molecule has 0 spiro atoms. The average Bonchev–Trinajstić information content (AvgIpc) is 2.68. The average molecular weight is 402 g/mol. The summed E-state index contributed by atoms with van der Waals surface area (Å²) >= 11 is 0. The lowest BCUT2D eigenvalue weighted by atomic mass is 9.85. The van der Waals surface area contributed by atoms with Gasteiger partial charge in [0.2, 0.25) is 6.08 Å². The number of hydrogen-bond acceptors (Lipinski definition) is 5. The van der Waals surface area contributed by atoms with Crippen LogP contribution in [0.15, 0.2) is 53.5 Å². The van der Waals surface area contributed by atoms with Gasteiger partial charge in [0.1, 0.15) is 11.5 Å². The molecule has 0 atom stereocenters. The van der Waals surface area contributed by atoms with Crippen LogP contribution >= 0.6 is 0 Å². The van der Waals surface area contributed by atoms with Crippen LogP contribution in [0, 0.1) is 0 Å². The number of aliphatic carboxylic acids is 1. The second-order valence-corrected chi connectivity index (χ2v) is 7.16. The molecule has 0 bridgehead atoms. The first-order chi connectivity index (χ1) is 13.1. The fraction of sp³-hybridized carbons (Fsp3) is 0.391. The van der Waals surface area contributed by atoms with Gasteiger partial charge in [-0.25, -0.2) is 4.79 Å². The monoisotopic (exact) mass is 401 g/mol. The van der Waals surface area contributed by atoms with Crippen molar-refractivity contribution in [1.29, 1.82) is 0 Å². The first-order valence-corrected chi connectivity index (χ1v) is 8.70. The molecule has 0 amide bonds. The first kappa shape index (κ1) is 25.9. The molecule has 0 unspecified atom stereocenters. The van der Waals surface area contributed by atoms with Crippen molar-refractivity contribution in [3.63, 3.8) is 0 Å². The minimum Gasteiger partial charge on any atom is -0.497 e. The number of methoxy groups -OCH3 is 2. The van der Waals surface area contributed by atoms with E-state index in [4.69, 9.17) is 14.6 Å². The molecule has 0 aromatic heterocycles. The van der Waals surface area contributed by atoms with E-state index in [-0.39, 0.29) is 7.43 Å². The van der Waals surface area contributed by atoms with E-state index in [0.717, 1.165) is 16.9 Å². The first-order valence-electron chi connectivity index (χ1n) is 8.70. The van der Waals surface area contributed by atoms with Crippen LogP contribution in [0.4, 0.5) is 0 Å². The van der Waals surface area contributed by atoms with Crippen molar-refractivity contribution in [2.45, 2.75) is 46.1 Å². The second-order valence-electron chi connectivity index (χ2n) is 7.16. The van der Waals surface area contributed by atoms with Gasteiger partial charge in [-0.1, -0.05) is 31.7 Å². The smallest absolute Gasteiger partial charge is 0.313 e. The molecule has 0 radical (unpaired) electrons. The summed E-state index contributed by atoms with van der Waals surface area (Å²) in [6, 6.07) is 14.6. The van der Waals surface area contributed by atoms with E-state index in [0.29, 0.717) is 5.75 Å². The molecule has 6 heteroatoms. The molecular weight excluding hydrogens is 370 g/mol. The highest BCUT2D eigenvalue weighted by molar-refractivity contribution is 5.80. The summed E-state index contributed by atoms with van der Waals surface area (Å²) in [7, 11) is 3.17. The Balaban J connectivity index is 0.000000523. The summed E-state index contributed by atoms with van der Waals surface area (Å²) < 4.78 is 10.1. The van der Waals surface area contributed by atoms with Crippen LogP contribution in [0.25, 0.3) is 0 Å². The lowest BCUT2D eigenvalue weighted by molar-refractivity contribution is -0.142. The van der Waals surface area contributed by atoms with Crippen molar-refractivity contribution < 1.29 is 24.2 Å². The minimum atomic E-state index is -0.880. The van der Waals surface area contributed by atoms with Crippen LogP contribution in [-0.4, -0.2) is 31.4 Å². The summed E-state index contributed by atoms with van der Waals surface area (Å²) in [4.78, 5) is 24.9. The maximum Gasteiger partial charge on any atom is 0.313 e. The zero-order valence-corrected chi connectivity index (χ0v) is 17.1. The Morgan fingerprint density at radius 2 is 1.38 bits per heavy atom. The standard InChI is InChI=1S/C11H13NO2.C11H14O3.CH4/c1-11(2,12-8-13)9-5-4-6-10(7-9)14-3;1-11(2,10(12)13)8-5-4-6-9(7-8)14-3;/h4-7H,1-3H3;4-7H,1-3H3,(H,12,13);1H4. The van der Waals surface area contributed by atoms with Crippen LogP contribution in [0.3, 0.4) is 0 Å². The molecule has 0 aliphatic carbocycles. The quantitative estimate of drug-likeness (QED) is 0.546. The zero-order valence-electron chi connectivity index (χ0n) is 17.1. The number of benzene rings is 2. The number of isocyanates is 1. The number of hydrogen-bond donors (Lipinski definition) is 1. The molecule has 2 rings (SSSR count). The second kappa shape index (κ2) is 11.0. The topological polar surface area (TPSA) is 85.2 Å². The van der Waals surface area contributed by atoms with E-state index >= 15 is 0 Å². The van der Waals surface area contributed by atoms with Crippen LogP contribution in [0.2, 0.25) is 0 Å². The highest BCUT2D eigenvalue weighted by Crippen LogP contribution is 2.27. The zero-order chi connectivity index (χ0) is 21.4. The Bertz CT molecular complexity index is 794. The van der Waals surface area contributed by atoms with Gasteiger partial charge < -0.3 is 14.6 Å². The third-order valence-corrected chi connectivity index (χ3v) is 4.43. The molecule has 158 valence electrons. The van der Waals surface area contributed by atoms with Gasteiger partial charge in [0.05, 0.1) is 25.2 Å². The third-order valence-electron chi connectivity index (χ3n) is 4.43. The van der Waals surface area contributed by atoms with E-state index in [1.165, 1.54) is 0 Å². The predicted octanol–water partition coefficient (Wildman–Crippen LogP) is 4.96. The number of aliphatic imine (C=N–C) groups is 1. The van der Waals surface area contributed by atoms with Gasteiger partial charge in [-0.05, 0) is 63.1 Å². The molecule has 2 aromatic rings. The molecule has 0 saturated heterocycles. The van der Waals surface area contributed by atoms with Gasteiger partial charge in [0.15, 0.2) is 0 Å². The van der Waals surface area contributed by atoms with E-state index in [9.17, 15) is 9.59 Å². The molecule has 0 heterocycles. The molecule has 6 nitrogen and oxygen atoms in total. The molecule has 1 N–H and O–H groups in total. The van der Waals surface area contributed by atoms with Gasteiger partial charge in [-0.2, -0.15) is 4.99 Å².